The highest BCUT2D eigenvalue weighted by Crippen LogP contribution is 2.22. The number of hydrogen-bond acceptors (Lipinski definition) is 3. The Kier molecular flexibility index (Phi) is 5.23. The molecule has 1 aromatic carbocycles. The van der Waals surface area contributed by atoms with E-state index in [1.165, 1.54) is 30.6 Å². The van der Waals surface area contributed by atoms with Crippen LogP contribution in [-0.2, 0) is 0 Å². The first-order valence-electron chi connectivity index (χ1n) is 7.26. The molecule has 0 saturated carbocycles. The summed E-state index contributed by atoms with van der Waals surface area (Å²) in [6.45, 7) is 9.60. The van der Waals surface area contributed by atoms with E-state index in [1.54, 1.807) is 0 Å². The lowest BCUT2D eigenvalue weighted by Crippen LogP contribution is -2.28. The molecule has 2 rings (SSSR count). The van der Waals surface area contributed by atoms with Gasteiger partial charge in [-0.15, -0.1) is 0 Å². The maximum absolute atomic E-state index is 5.97. The molecule has 1 aliphatic heterocycles. The van der Waals surface area contributed by atoms with Gasteiger partial charge in [0.2, 0.25) is 0 Å². The minimum atomic E-state index is 0.790. The van der Waals surface area contributed by atoms with E-state index in [2.05, 4.69) is 42.3 Å². The molecule has 0 radical (unpaired) electrons. The van der Waals surface area contributed by atoms with Crippen LogP contribution in [0.3, 0.4) is 0 Å². The third-order valence-corrected chi connectivity index (χ3v) is 3.93. The lowest BCUT2D eigenvalue weighted by molar-refractivity contribution is 0.231. The molecule has 3 heteroatoms. The van der Waals surface area contributed by atoms with Crippen LogP contribution in [0, 0.1) is 19.8 Å². The number of para-hydroxylation sites is 1. The Labute approximate surface area is 116 Å². The molecule has 0 amide bonds. The third kappa shape index (κ3) is 3.95. The topological polar surface area (TPSA) is 24.5 Å². The van der Waals surface area contributed by atoms with Crippen molar-refractivity contribution in [3.8, 4) is 5.75 Å². The SMILES string of the molecule is CNCC1CCN(CCOc2c(C)cccc2C)C1. The maximum Gasteiger partial charge on any atom is 0.125 e. The van der Waals surface area contributed by atoms with Crippen LogP contribution in [0.2, 0.25) is 0 Å². The Hall–Kier alpha value is -1.06. The third-order valence-electron chi connectivity index (χ3n) is 3.93. The van der Waals surface area contributed by atoms with Crippen molar-refractivity contribution in [3.05, 3.63) is 29.3 Å². The van der Waals surface area contributed by atoms with Crippen molar-refractivity contribution >= 4 is 0 Å². The molecule has 1 aliphatic rings. The van der Waals surface area contributed by atoms with Gasteiger partial charge in [0.05, 0.1) is 0 Å². The first-order valence-corrected chi connectivity index (χ1v) is 7.26. The molecule has 3 nitrogen and oxygen atoms in total. The van der Waals surface area contributed by atoms with Crippen molar-refractivity contribution in [2.75, 3.05) is 39.8 Å². The first-order chi connectivity index (χ1) is 9.20. The van der Waals surface area contributed by atoms with Crippen molar-refractivity contribution in [1.29, 1.82) is 0 Å². The Bertz CT molecular complexity index is 385. The van der Waals surface area contributed by atoms with Gasteiger partial charge >= 0.3 is 0 Å². The molecular weight excluding hydrogens is 236 g/mol. The number of hydrogen-bond donors (Lipinski definition) is 1. The summed E-state index contributed by atoms with van der Waals surface area (Å²) < 4.78 is 5.97. The summed E-state index contributed by atoms with van der Waals surface area (Å²) in [6.07, 6.45) is 1.31. The van der Waals surface area contributed by atoms with Crippen molar-refractivity contribution in [2.45, 2.75) is 20.3 Å². The number of benzene rings is 1. The molecule has 1 aromatic rings. The second kappa shape index (κ2) is 6.92. The van der Waals surface area contributed by atoms with Crippen LogP contribution in [0.5, 0.6) is 5.75 Å². The zero-order valence-electron chi connectivity index (χ0n) is 12.4. The number of rotatable bonds is 6. The summed E-state index contributed by atoms with van der Waals surface area (Å²) in [6, 6.07) is 6.31. The molecule has 1 unspecified atom stereocenters. The van der Waals surface area contributed by atoms with E-state index in [9.17, 15) is 0 Å². The lowest BCUT2D eigenvalue weighted by Gasteiger charge is -2.18. The predicted molar refractivity (Wildman–Crippen MR) is 79.9 cm³/mol. The summed E-state index contributed by atoms with van der Waals surface area (Å²) in [7, 11) is 2.03. The molecule has 19 heavy (non-hydrogen) atoms. The minimum absolute atomic E-state index is 0.790. The van der Waals surface area contributed by atoms with Gasteiger partial charge in [0.15, 0.2) is 0 Å². The molecule has 1 atom stereocenters. The largest absolute Gasteiger partial charge is 0.492 e. The molecule has 1 fully saturated rings. The highest BCUT2D eigenvalue weighted by atomic mass is 16.5. The van der Waals surface area contributed by atoms with Gasteiger partial charge in [0, 0.05) is 13.1 Å². The van der Waals surface area contributed by atoms with Crippen LogP contribution in [-0.4, -0.2) is 44.7 Å². The number of ether oxygens (including phenoxy) is 1. The van der Waals surface area contributed by atoms with Crippen molar-refractivity contribution in [3.63, 3.8) is 0 Å². The Morgan fingerprint density at radius 3 is 2.74 bits per heavy atom. The van der Waals surface area contributed by atoms with E-state index >= 15 is 0 Å². The quantitative estimate of drug-likeness (QED) is 0.851. The summed E-state index contributed by atoms with van der Waals surface area (Å²) in [5.41, 5.74) is 2.46. The van der Waals surface area contributed by atoms with Crippen LogP contribution < -0.4 is 10.1 Å². The van der Waals surface area contributed by atoms with Crippen molar-refractivity contribution in [1.82, 2.24) is 10.2 Å². The van der Waals surface area contributed by atoms with Crippen LogP contribution >= 0.6 is 0 Å². The monoisotopic (exact) mass is 262 g/mol. The highest BCUT2D eigenvalue weighted by Gasteiger charge is 2.21. The number of nitrogens with one attached hydrogen (secondary N) is 1. The average Bonchev–Trinajstić information content (AvgIpc) is 2.81. The lowest BCUT2D eigenvalue weighted by atomic mass is 10.1. The average molecular weight is 262 g/mol. The standard InChI is InChI=1S/C16H26N2O/c1-13-5-4-6-14(2)16(13)19-10-9-18-8-7-15(12-18)11-17-3/h4-6,15,17H,7-12H2,1-3H3. The summed E-state index contributed by atoms with van der Waals surface area (Å²) >= 11 is 0. The van der Waals surface area contributed by atoms with E-state index in [4.69, 9.17) is 4.74 Å². The first kappa shape index (κ1) is 14.4. The fourth-order valence-electron chi connectivity index (χ4n) is 2.87. The maximum atomic E-state index is 5.97. The molecule has 1 heterocycles. The van der Waals surface area contributed by atoms with Gasteiger partial charge in [-0.25, -0.2) is 0 Å². The van der Waals surface area contributed by atoms with Gasteiger partial charge < -0.3 is 10.1 Å². The van der Waals surface area contributed by atoms with E-state index in [1.807, 2.05) is 7.05 Å². The highest BCUT2D eigenvalue weighted by molar-refractivity contribution is 5.39. The fraction of sp³-hybridized carbons (Fsp3) is 0.625. The molecule has 0 aliphatic carbocycles. The normalized spacial score (nSPS) is 19.8. The van der Waals surface area contributed by atoms with E-state index < -0.39 is 0 Å². The predicted octanol–water partition coefficient (Wildman–Crippen LogP) is 2.22. The second-order valence-electron chi connectivity index (χ2n) is 5.58. The smallest absolute Gasteiger partial charge is 0.125 e. The summed E-state index contributed by atoms with van der Waals surface area (Å²) in [5.74, 6) is 1.87. The van der Waals surface area contributed by atoms with E-state index in [0.29, 0.717) is 0 Å². The molecule has 1 saturated heterocycles. The number of aryl methyl sites for hydroxylation is 2. The molecular formula is C16H26N2O. The zero-order valence-corrected chi connectivity index (χ0v) is 12.4. The van der Waals surface area contributed by atoms with Crippen LogP contribution in [0.1, 0.15) is 17.5 Å². The van der Waals surface area contributed by atoms with Gasteiger partial charge in [-0.2, -0.15) is 0 Å². The minimum Gasteiger partial charge on any atom is -0.492 e. The molecule has 1 N–H and O–H groups in total. The molecule has 0 bridgehead atoms. The van der Waals surface area contributed by atoms with Gasteiger partial charge in [-0.1, -0.05) is 18.2 Å². The van der Waals surface area contributed by atoms with Gasteiger partial charge in [0.25, 0.3) is 0 Å². The fourth-order valence-corrected chi connectivity index (χ4v) is 2.87. The number of likely N-dealkylation sites (tertiary alicyclic amines) is 1. The Morgan fingerprint density at radius 2 is 2.05 bits per heavy atom. The van der Waals surface area contributed by atoms with E-state index in [-0.39, 0.29) is 0 Å². The Morgan fingerprint density at radius 1 is 1.32 bits per heavy atom. The summed E-state index contributed by atoms with van der Waals surface area (Å²) in [5, 5.41) is 3.27. The summed E-state index contributed by atoms with van der Waals surface area (Å²) in [4.78, 5) is 2.51. The second-order valence-corrected chi connectivity index (χ2v) is 5.58. The van der Waals surface area contributed by atoms with Crippen LogP contribution in [0.25, 0.3) is 0 Å². The van der Waals surface area contributed by atoms with Gasteiger partial charge in [-0.3, -0.25) is 4.90 Å². The van der Waals surface area contributed by atoms with E-state index in [0.717, 1.165) is 31.4 Å². The van der Waals surface area contributed by atoms with Crippen molar-refractivity contribution < 1.29 is 4.74 Å². The van der Waals surface area contributed by atoms with Crippen LogP contribution in [0.15, 0.2) is 18.2 Å². The Balaban J connectivity index is 1.75. The molecule has 106 valence electrons. The molecule has 0 spiro atoms. The molecule has 0 aromatic heterocycles. The number of nitrogens with zero attached hydrogens (tertiary/aromatic N) is 1. The van der Waals surface area contributed by atoms with Crippen molar-refractivity contribution in [2.24, 2.45) is 5.92 Å². The van der Waals surface area contributed by atoms with Gasteiger partial charge in [-0.05, 0) is 57.5 Å². The zero-order chi connectivity index (χ0) is 13.7. The van der Waals surface area contributed by atoms with Gasteiger partial charge in [0.1, 0.15) is 12.4 Å². The van der Waals surface area contributed by atoms with Crippen LogP contribution in [0.4, 0.5) is 0 Å².